The maximum absolute atomic E-state index is 12.2. The third-order valence-electron chi connectivity index (χ3n) is 3.96. The molecular weight excluding hydrogens is 276 g/mol. The van der Waals surface area contributed by atoms with Gasteiger partial charge in [-0.2, -0.15) is 0 Å². The van der Waals surface area contributed by atoms with Crippen LogP contribution in [0.5, 0.6) is 0 Å². The average Bonchev–Trinajstić information content (AvgIpc) is 2.49. The molecule has 2 saturated heterocycles. The van der Waals surface area contributed by atoms with E-state index in [1.165, 1.54) is 11.8 Å². The van der Waals surface area contributed by atoms with Crippen molar-refractivity contribution in [2.45, 2.75) is 37.8 Å². The smallest absolute Gasteiger partial charge is 0.317 e. The minimum absolute atomic E-state index is 0.0163. The summed E-state index contributed by atoms with van der Waals surface area (Å²) in [6, 6.07) is 0.557. The van der Waals surface area contributed by atoms with E-state index in [1.807, 2.05) is 4.90 Å². The number of hydrogen-bond acceptors (Lipinski definition) is 4. The Morgan fingerprint density at radius 1 is 1.05 bits per heavy atom. The van der Waals surface area contributed by atoms with E-state index in [0.29, 0.717) is 6.04 Å². The predicted octanol–water partition coefficient (Wildman–Crippen LogP) is 0.985. The topological polar surface area (TPSA) is 73.5 Å². The summed E-state index contributed by atoms with van der Waals surface area (Å²) in [6.07, 6.45) is 5.47. The largest absolute Gasteiger partial charge is 0.344 e. The molecule has 114 valence electrons. The molecule has 0 bridgehead atoms. The minimum Gasteiger partial charge on any atom is -0.344 e. The van der Waals surface area contributed by atoms with Gasteiger partial charge in [-0.15, -0.1) is 0 Å². The van der Waals surface area contributed by atoms with Crippen molar-refractivity contribution in [1.82, 2.24) is 20.9 Å². The Morgan fingerprint density at radius 2 is 1.65 bits per heavy atom. The Kier molecular flexibility index (Phi) is 5.97. The lowest BCUT2D eigenvalue weighted by Gasteiger charge is -2.34. The molecule has 0 saturated carbocycles. The zero-order valence-electron chi connectivity index (χ0n) is 12.0. The molecule has 2 aliphatic heterocycles. The monoisotopic (exact) mass is 300 g/mol. The molecule has 3 amide bonds. The van der Waals surface area contributed by atoms with Gasteiger partial charge in [-0.1, -0.05) is 11.8 Å². The highest BCUT2D eigenvalue weighted by atomic mass is 32.2. The third-order valence-corrected chi connectivity index (χ3v) is 4.44. The fourth-order valence-corrected chi connectivity index (χ4v) is 2.97. The van der Waals surface area contributed by atoms with Gasteiger partial charge in [0, 0.05) is 25.2 Å². The molecular formula is C13H24N4O2S. The Balaban J connectivity index is 1.69. The Morgan fingerprint density at radius 3 is 2.25 bits per heavy atom. The van der Waals surface area contributed by atoms with Crippen LogP contribution in [0.15, 0.2) is 0 Å². The summed E-state index contributed by atoms with van der Waals surface area (Å²) in [7, 11) is 0. The lowest BCUT2D eigenvalue weighted by atomic mass is 10.1. The van der Waals surface area contributed by atoms with E-state index >= 15 is 0 Å². The van der Waals surface area contributed by atoms with E-state index in [4.69, 9.17) is 0 Å². The van der Waals surface area contributed by atoms with Crippen LogP contribution < -0.4 is 16.0 Å². The predicted molar refractivity (Wildman–Crippen MR) is 81.1 cm³/mol. The summed E-state index contributed by atoms with van der Waals surface area (Å²) in [4.78, 5) is 25.3. The van der Waals surface area contributed by atoms with Crippen molar-refractivity contribution >= 4 is 23.0 Å². The molecule has 3 N–H and O–H groups in total. The summed E-state index contributed by atoms with van der Waals surface area (Å²) in [5, 5.41) is 9.38. The van der Waals surface area contributed by atoms with Crippen molar-refractivity contribution in [2.24, 2.45) is 0 Å². The third kappa shape index (κ3) is 4.56. The zero-order valence-corrected chi connectivity index (χ0v) is 12.8. The Bertz CT molecular complexity index is 339. The number of amides is 3. The standard InChI is InChI=1S/C13H24N4O2S/c1-20-13(19)16-11-4-8-17(9-5-11)12(18)15-10-2-6-14-7-3-10/h10-11,14H,2-9H2,1H3,(H,15,18)(H,16,19). The van der Waals surface area contributed by atoms with Gasteiger partial charge in [0.15, 0.2) is 0 Å². The van der Waals surface area contributed by atoms with E-state index in [9.17, 15) is 9.59 Å². The quantitative estimate of drug-likeness (QED) is 0.711. The second kappa shape index (κ2) is 7.73. The average molecular weight is 300 g/mol. The van der Waals surface area contributed by atoms with Crippen LogP contribution in [0.3, 0.4) is 0 Å². The van der Waals surface area contributed by atoms with Crippen molar-refractivity contribution in [2.75, 3.05) is 32.4 Å². The summed E-state index contributed by atoms with van der Waals surface area (Å²) in [6.45, 7) is 3.40. The number of hydrogen-bond donors (Lipinski definition) is 3. The van der Waals surface area contributed by atoms with Crippen LogP contribution in [0.4, 0.5) is 9.59 Å². The van der Waals surface area contributed by atoms with E-state index < -0.39 is 0 Å². The van der Waals surface area contributed by atoms with Crippen molar-refractivity contribution < 1.29 is 9.59 Å². The summed E-state index contributed by atoms with van der Waals surface area (Å²) in [5.41, 5.74) is 0. The van der Waals surface area contributed by atoms with Crippen LogP contribution in [0, 0.1) is 0 Å². The number of carbonyl (C=O) groups excluding carboxylic acids is 2. The maximum atomic E-state index is 12.2. The van der Waals surface area contributed by atoms with Gasteiger partial charge in [-0.05, 0) is 45.0 Å². The van der Waals surface area contributed by atoms with Gasteiger partial charge in [-0.25, -0.2) is 4.79 Å². The first kappa shape index (κ1) is 15.4. The molecule has 0 unspecified atom stereocenters. The highest BCUT2D eigenvalue weighted by Gasteiger charge is 2.25. The first-order valence-electron chi connectivity index (χ1n) is 7.29. The van der Waals surface area contributed by atoms with Crippen LogP contribution in [0.1, 0.15) is 25.7 Å². The number of rotatable bonds is 2. The number of carbonyl (C=O) groups is 2. The fourth-order valence-electron chi connectivity index (χ4n) is 2.68. The van der Waals surface area contributed by atoms with Crippen LogP contribution in [-0.2, 0) is 0 Å². The second-order valence-electron chi connectivity index (χ2n) is 5.37. The van der Waals surface area contributed by atoms with Gasteiger partial charge in [0.25, 0.3) is 5.24 Å². The molecule has 0 aliphatic carbocycles. The molecule has 2 heterocycles. The number of nitrogens with one attached hydrogen (secondary N) is 3. The molecule has 0 spiro atoms. The van der Waals surface area contributed by atoms with Crippen molar-refractivity contribution in [3.05, 3.63) is 0 Å². The Labute approximate surface area is 124 Å². The van der Waals surface area contributed by atoms with Crippen molar-refractivity contribution in [1.29, 1.82) is 0 Å². The highest BCUT2D eigenvalue weighted by Crippen LogP contribution is 2.12. The molecule has 7 heteroatoms. The van der Waals surface area contributed by atoms with E-state index in [-0.39, 0.29) is 17.3 Å². The number of nitrogens with zero attached hydrogens (tertiary/aromatic N) is 1. The lowest BCUT2D eigenvalue weighted by molar-refractivity contribution is 0.172. The van der Waals surface area contributed by atoms with E-state index in [2.05, 4.69) is 16.0 Å². The van der Waals surface area contributed by atoms with Crippen LogP contribution in [-0.4, -0.2) is 60.7 Å². The van der Waals surface area contributed by atoms with Crippen LogP contribution in [0.25, 0.3) is 0 Å². The SMILES string of the molecule is CSC(=O)NC1CCN(C(=O)NC2CCNCC2)CC1. The van der Waals surface area contributed by atoms with Gasteiger partial charge >= 0.3 is 6.03 Å². The minimum atomic E-state index is 0.0163. The van der Waals surface area contributed by atoms with Crippen molar-refractivity contribution in [3.8, 4) is 0 Å². The van der Waals surface area contributed by atoms with Gasteiger partial charge < -0.3 is 20.9 Å². The van der Waals surface area contributed by atoms with Crippen LogP contribution in [0.2, 0.25) is 0 Å². The van der Waals surface area contributed by atoms with E-state index in [0.717, 1.165) is 51.9 Å². The maximum Gasteiger partial charge on any atom is 0.317 e. The number of likely N-dealkylation sites (tertiary alicyclic amines) is 1. The summed E-state index contributed by atoms with van der Waals surface area (Å²) < 4.78 is 0. The molecule has 2 rings (SSSR count). The molecule has 0 atom stereocenters. The highest BCUT2D eigenvalue weighted by molar-refractivity contribution is 8.12. The molecule has 2 fully saturated rings. The number of urea groups is 1. The summed E-state index contributed by atoms with van der Waals surface area (Å²) in [5.74, 6) is 0. The number of piperidine rings is 2. The molecule has 0 aromatic carbocycles. The Hall–Kier alpha value is -0.950. The molecule has 0 radical (unpaired) electrons. The first-order valence-corrected chi connectivity index (χ1v) is 8.52. The fraction of sp³-hybridized carbons (Fsp3) is 0.846. The first-order chi connectivity index (χ1) is 9.69. The second-order valence-corrected chi connectivity index (χ2v) is 6.15. The van der Waals surface area contributed by atoms with E-state index in [1.54, 1.807) is 6.26 Å². The molecule has 6 nitrogen and oxygen atoms in total. The lowest BCUT2D eigenvalue weighted by Crippen LogP contribution is -2.52. The van der Waals surface area contributed by atoms with Gasteiger partial charge in [-0.3, -0.25) is 4.79 Å². The molecule has 0 aromatic heterocycles. The van der Waals surface area contributed by atoms with Crippen LogP contribution >= 0.6 is 11.8 Å². The molecule has 0 aromatic rings. The van der Waals surface area contributed by atoms with Gasteiger partial charge in [0.05, 0.1) is 0 Å². The molecule has 2 aliphatic rings. The van der Waals surface area contributed by atoms with Gasteiger partial charge in [0.2, 0.25) is 0 Å². The molecule has 20 heavy (non-hydrogen) atoms. The zero-order chi connectivity index (χ0) is 14.4. The van der Waals surface area contributed by atoms with Crippen molar-refractivity contribution in [3.63, 3.8) is 0 Å². The summed E-state index contributed by atoms with van der Waals surface area (Å²) >= 11 is 1.20. The normalized spacial score (nSPS) is 21.6. The van der Waals surface area contributed by atoms with Gasteiger partial charge in [0.1, 0.15) is 0 Å². The number of thioether (sulfide) groups is 1.